The van der Waals surface area contributed by atoms with E-state index >= 15 is 0 Å². The lowest BCUT2D eigenvalue weighted by Gasteiger charge is -2.56. The molecule has 2 saturated carbocycles. The van der Waals surface area contributed by atoms with Gasteiger partial charge in [-0.05, 0) is 68.5 Å². The summed E-state index contributed by atoms with van der Waals surface area (Å²) in [6.07, 6.45) is 6.25. The summed E-state index contributed by atoms with van der Waals surface area (Å²) in [6, 6.07) is 2.32. The highest BCUT2D eigenvalue weighted by Gasteiger charge is 2.57. The topological polar surface area (TPSA) is 45.7 Å². The molecule has 0 N–H and O–H groups in total. The molecule has 4 aliphatic rings. The average Bonchev–Trinajstić information content (AvgIpc) is 3.27. The molecule has 0 bridgehead atoms. The number of carbonyl (C=O) groups excluding carboxylic acids is 1. The zero-order valence-corrected chi connectivity index (χ0v) is 17.3. The molecule has 140 valence electrons. The Labute approximate surface area is 163 Å². The predicted molar refractivity (Wildman–Crippen MR) is 103 cm³/mol. The largest absolute Gasteiger partial charge is 0.372 e. The van der Waals surface area contributed by atoms with Gasteiger partial charge in [-0.3, -0.25) is 14.7 Å². The van der Waals surface area contributed by atoms with Gasteiger partial charge < -0.3 is 9.64 Å². The number of pyridine rings is 1. The molecular weight excluding hydrogens is 394 g/mol. The van der Waals surface area contributed by atoms with Crippen LogP contribution in [0.2, 0.25) is 0 Å². The van der Waals surface area contributed by atoms with Gasteiger partial charge in [-0.2, -0.15) is 0 Å². The van der Waals surface area contributed by atoms with E-state index in [0.29, 0.717) is 0 Å². The number of nitrogens with zero attached hydrogens (tertiary/aromatic N) is 3. The van der Waals surface area contributed by atoms with E-state index < -0.39 is 5.41 Å². The SMILES string of the molecule is CC1(C)C(=O)N(C2CC(C)(N3CCOC4(CC4)C3)C2)c2cc(Br)cnc21. The summed E-state index contributed by atoms with van der Waals surface area (Å²) in [5.41, 5.74) is 1.68. The first-order valence-electron chi connectivity index (χ1n) is 9.63. The molecular formula is C20H26BrN3O2. The van der Waals surface area contributed by atoms with Gasteiger partial charge in [0.05, 0.1) is 29.0 Å². The van der Waals surface area contributed by atoms with Crippen molar-refractivity contribution in [2.45, 2.75) is 69.1 Å². The number of aromatic nitrogens is 1. The van der Waals surface area contributed by atoms with Gasteiger partial charge in [0.15, 0.2) is 0 Å². The van der Waals surface area contributed by atoms with E-state index in [2.05, 4.69) is 38.8 Å². The lowest BCUT2D eigenvalue weighted by molar-refractivity contribution is -0.126. The molecule has 5 nitrogen and oxygen atoms in total. The number of morpholine rings is 1. The first-order chi connectivity index (χ1) is 12.2. The number of ether oxygens (including phenoxy) is 1. The molecule has 5 rings (SSSR count). The van der Waals surface area contributed by atoms with Gasteiger partial charge in [-0.15, -0.1) is 0 Å². The molecule has 0 radical (unpaired) electrons. The molecule has 0 aromatic carbocycles. The average molecular weight is 420 g/mol. The summed E-state index contributed by atoms with van der Waals surface area (Å²) < 4.78 is 6.91. The van der Waals surface area contributed by atoms with E-state index in [1.54, 1.807) is 6.20 Å². The minimum Gasteiger partial charge on any atom is -0.372 e. The van der Waals surface area contributed by atoms with Crippen LogP contribution in [-0.2, 0) is 14.9 Å². The summed E-state index contributed by atoms with van der Waals surface area (Å²) in [5, 5.41) is 0. The molecule has 0 unspecified atom stereocenters. The van der Waals surface area contributed by atoms with Crippen molar-refractivity contribution in [1.82, 2.24) is 9.88 Å². The summed E-state index contributed by atoms with van der Waals surface area (Å²) in [5.74, 6) is 0.186. The maximum atomic E-state index is 13.2. The van der Waals surface area contributed by atoms with Crippen LogP contribution in [0.3, 0.4) is 0 Å². The summed E-state index contributed by atoms with van der Waals surface area (Å²) in [4.78, 5) is 22.4. The molecule has 1 saturated heterocycles. The van der Waals surface area contributed by atoms with Crippen LogP contribution in [0, 0.1) is 0 Å². The summed E-state index contributed by atoms with van der Waals surface area (Å²) in [7, 11) is 0. The number of rotatable bonds is 2. The van der Waals surface area contributed by atoms with Gasteiger partial charge in [-0.1, -0.05) is 0 Å². The Morgan fingerprint density at radius 3 is 2.69 bits per heavy atom. The van der Waals surface area contributed by atoms with Gasteiger partial charge in [0.1, 0.15) is 0 Å². The van der Waals surface area contributed by atoms with Crippen LogP contribution in [0.5, 0.6) is 0 Å². The molecule has 3 fully saturated rings. The number of hydrogen-bond donors (Lipinski definition) is 0. The lowest BCUT2D eigenvalue weighted by Crippen LogP contribution is -2.66. The van der Waals surface area contributed by atoms with Crippen molar-refractivity contribution in [2.24, 2.45) is 0 Å². The molecule has 0 atom stereocenters. The highest BCUT2D eigenvalue weighted by Crippen LogP contribution is 2.51. The number of halogens is 1. The van der Waals surface area contributed by atoms with Crippen molar-refractivity contribution in [3.8, 4) is 0 Å². The van der Waals surface area contributed by atoms with Gasteiger partial charge in [0.2, 0.25) is 5.91 Å². The molecule has 2 aliphatic heterocycles. The fourth-order valence-electron chi connectivity index (χ4n) is 5.11. The maximum Gasteiger partial charge on any atom is 0.239 e. The molecule has 1 aromatic heterocycles. The van der Waals surface area contributed by atoms with Gasteiger partial charge >= 0.3 is 0 Å². The van der Waals surface area contributed by atoms with E-state index in [0.717, 1.165) is 48.4 Å². The smallest absolute Gasteiger partial charge is 0.239 e. The highest BCUT2D eigenvalue weighted by molar-refractivity contribution is 9.10. The van der Waals surface area contributed by atoms with Crippen molar-refractivity contribution in [3.05, 3.63) is 22.4 Å². The second-order valence-corrected chi connectivity index (χ2v) is 10.2. The van der Waals surface area contributed by atoms with E-state index in [9.17, 15) is 4.79 Å². The lowest BCUT2D eigenvalue weighted by atomic mass is 9.71. The van der Waals surface area contributed by atoms with Gasteiger partial charge in [0.25, 0.3) is 0 Å². The zero-order chi connectivity index (χ0) is 18.3. The first kappa shape index (κ1) is 17.1. The minimum absolute atomic E-state index is 0.152. The van der Waals surface area contributed by atoms with Crippen LogP contribution in [0.25, 0.3) is 0 Å². The van der Waals surface area contributed by atoms with Crippen LogP contribution < -0.4 is 4.90 Å². The van der Waals surface area contributed by atoms with Crippen LogP contribution >= 0.6 is 15.9 Å². The van der Waals surface area contributed by atoms with Gasteiger partial charge in [-0.25, -0.2) is 0 Å². The third kappa shape index (κ3) is 2.34. The summed E-state index contributed by atoms with van der Waals surface area (Å²) >= 11 is 3.52. The first-order valence-corrected chi connectivity index (χ1v) is 10.4. The molecule has 1 aromatic rings. The van der Waals surface area contributed by atoms with Crippen molar-refractivity contribution < 1.29 is 9.53 Å². The third-order valence-corrected chi connectivity index (χ3v) is 7.41. The molecule has 2 aliphatic carbocycles. The third-order valence-electron chi connectivity index (χ3n) is 6.97. The van der Waals surface area contributed by atoms with Crippen molar-refractivity contribution in [2.75, 3.05) is 24.6 Å². The zero-order valence-electron chi connectivity index (χ0n) is 15.7. The Morgan fingerprint density at radius 1 is 1.27 bits per heavy atom. The molecule has 1 spiro atoms. The van der Waals surface area contributed by atoms with Gasteiger partial charge in [0, 0.05) is 35.3 Å². The Morgan fingerprint density at radius 2 is 2.00 bits per heavy atom. The van der Waals surface area contributed by atoms with E-state index in [4.69, 9.17) is 4.74 Å². The fraction of sp³-hybridized carbons (Fsp3) is 0.700. The van der Waals surface area contributed by atoms with Crippen LogP contribution in [0.4, 0.5) is 5.69 Å². The maximum absolute atomic E-state index is 13.2. The Bertz CT molecular complexity index is 783. The van der Waals surface area contributed by atoms with Crippen LogP contribution in [0.15, 0.2) is 16.7 Å². The number of anilines is 1. The van der Waals surface area contributed by atoms with E-state index in [-0.39, 0.29) is 23.1 Å². The monoisotopic (exact) mass is 419 g/mol. The van der Waals surface area contributed by atoms with E-state index in [1.165, 1.54) is 12.8 Å². The molecule has 6 heteroatoms. The fourth-order valence-corrected chi connectivity index (χ4v) is 5.43. The Hall–Kier alpha value is -0.980. The second-order valence-electron chi connectivity index (χ2n) is 9.33. The molecule has 26 heavy (non-hydrogen) atoms. The number of fused-ring (bicyclic) bond motifs is 1. The van der Waals surface area contributed by atoms with Crippen LogP contribution in [0.1, 0.15) is 52.1 Å². The normalized spacial score (nSPS) is 34.7. The van der Waals surface area contributed by atoms with Crippen molar-refractivity contribution in [1.29, 1.82) is 0 Å². The molecule has 3 heterocycles. The second kappa shape index (κ2) is 5.30. The summed E-state index contributed by atoms with van der Waals surface area (Å²) in [6.45, 7) is 9.25. The van der Waals surface area contributed by atoms with Crippen LogP contribution in [-0.4, -0.2) is 52.7 Å². The minimum atomic E-state index is -0.543. The molecule has 1 amide bonds. The standard InChI is InChI=1S/C20H26BrN3O2/c1-18(2)16-15(8-13(21)11-22-16)24(17(18)25)14-9-19(3,10-14)23-6-7-26-20(12-23)4-5-20/h8,11,14H,4-7,9-10,12H2,1-3H3. The van der Waals surface area contributed by atoms with Crippen molar-refractivity contribution in [3.63, 3.8) is 0 Å². The number of hydrogen-bond acceptors (Lipinski definition) is 4. The highest BCUT2D eigenvalue weighted by atomic mass is 79.9. The number of carbonyl (C=O) groups is 1. The Kier molecular flexibility index (Phi) is 3.49. The Balaban J connectivity index is 1.38. The number of amides is 1. The van der Waals surface area contributed by atoms with Crippen molar-refractivity contribution >= 4 is 27.5 Å². The quantitative estimate of drug-likeness (QED) is 0.737. The van der Waals surface area contributed by atoms with E-state index in [1.807, 2.05) is 18.7 Å². The predicted octanol–water partition coefficient (Wildman–Crippen LogP) is 3.25.